The summed E-state index contributed by atoms with van der Waals surface area (Å²) < 4.78 is 19.0. The molecule has 0 unspecified atom stereocenters. The molecule has 0 saturated carbocycles. The number of carbonyl (C=O) groups is 3. The summed E-state index contributed by atoms with van der Waals surface area (Å²) in [5.74, 6) is -2.36. The van der Waals surface area contributed by atoms with Gasteiger partial charge in [-0.05, 0) is 25.1 Å². The van der Waals surface area contributed by atoms with E-state index in [2.05, 4.69) is 21.2 Å². The van der Waals surface area contributed by atoms with Gasteiger partial charge in [0, 0.05) is 17.6 Å². The monoisotopic (exact) mass is 358 g/mol. The van der Waals surface area contributed by atoms with Gasteiger partial charge in [-0.2, -0.15) is 0 Å². The summed E-state index contributed by atoms with van der Waals surface area (Å²) in [7, 11) is 0. The third-order valence-corrected chi connectivity index (χ3v) is 3.40. The normalized spacial score (nSPS) is 15.6. The van der Waals surface area contributed by atoms with Crippen molar-refractivity contribution in [1.29, 1.82) is 0 Å². The maximum absolute atomic E-state index is 13.6. The molecule has 1 aliphatic rings. The molecule has 0 aromatic heterocycles. The summed E-state index contributed by atoms with van der Waals surface area (Å²) >= 11 is 3.12. The minimum atomic E-state index is -1.18. The second kappa shape index (κ2) is 6.21. The van der Waals surface area contributed by atoms with Crippen molar-refractivity contribution in [1.82, 2.24) is 10.2 Å². The number of ether oxygens (including phenoxy) is 1. The van der Waals surface area contributed by atoms with Gasteiger partial charge >= 0.3 is 12.0 Å². The van der Waals surface area contributed by atoms with E-state index in [-0.39, 0.29) is 12.1 Å². The van der Waals surface area contributed by atoms with E-state index in [1.807, 2.05) is 0 Å². The third kappa shape index (κ3) is 3.38. The number of halogens is 2. The van der Waals surface area contributed by atoms with Gasteiger partial charge < -0.3 is 10.1 Å². The van der Waals surface area contributed by atoms with E-state index in [1.54, 1.807) is 0 Å². The van der Waals surface area contributed by atoms with Crippen LogP contribution in [-0.2, 0) is 9.53 Å². The molecule has 1 aromatic rings. The van der Waals surface area contributed by atoms with Crippen molar-refractivity contribution in [3.05, 3.63) is 34.1 Å². The van der Waals surface area contributed by atoms with E-state index < -0.39 is 29.8 Å². The molecule has 0 aliphatic carbocycles. The molecule has 3 amide bonds. The van der Waals surface area contributed by atoms with Crippen molar-refractivity contribution >= 4 is 33.8 Å². The lowest BCUT2D eigenvalue weighted by Gasteiger charge is -2.18. The van der Waals surface area contributed by atoms with Crippen molar-refractivity contribution in [3.8, 4) is 0 Å². The van der Waals surface area contributed by atoms with Crippen molar-refractivity contribution in [2.75, 3.05) is 13.1 Å². The molecule has 112 valence electrons. The minimum absolute atomic E-state index is 0.213. The number of nitrogens with zero attached hydrogens (tertiary/aromatic N) is 1. The maximum Gasteiger partial charge on any atom is 0.341 e. The van der Waals surface area contributed by atoms with Crippen LogP contribution in [0.25, 0.3) is 0 Å². The number of benzene rings is 1. The van der Waals surface area contributed by atoms with Crippen LogP contribution in [-0.4, -0.2) is 42.0 Å². The average Bonchev–Trinajstić information content (AvgIpc) is 2.86. The summed E-state index contributed by atoms with van der Waals surface area (Å²) in [6, 6.07) is 3.28. The molecule has 1 saturated heterocycles. The molecule has 0 radical (unpaired) electrons. The number of hydrogen-bond donors (Lipinski definition) is 1. The zero-order valence-corrected chi connectivity index (χ0v) is 12.6. The van der Waals surface area contributed by atoms with E-state index in [4.69, 9.17) is 4.74 Å². The van der Waals surface area contributed by atoms with Gasteiger partial charge in [0.2, 0.25) is 0 Å². The van der Waals surface area contributed by atoms with Gasteiger partial charge in [0.25, 0.3) is 5.91 Å². The first-order valence-electron chi connectivity index (χ1n) is 6.15. The lowest BCUT2D eigenvalue weighted by molar-refractivity contribution is -0.136. The molecule has 1 atom stereocenters. The Kier molecular flexibility index (Phi) is 4.56. The fourth-order valence-electron chi connectivity index (χ4n) is 1.83. The van der Waals surface area contributed by atoms with E-state index in [0.717, 1.165) is 11.0 Å². The SMILES string of the molecule is C[C@H](OC(=O)c1cc(Br)ccc1F)C(=O)N1CCNC1=O. The summed E-state index contributed by atoms with van der Waals surface area (Å²) in [5.41, 5.74) is -0.283. The highest BCUT2D eigenvalue weighted by atomic mass is 79.9. The summed E-state index contributed by atoms with van der Waals surface area (Å²) in [6.45, 7) is 1.90. The largest absolute Gasteiger partial charge is 0.449 e. The zero-order chi connectivity index (χ0) is 15.6. The highest BCUT2D eigenvalue weighted by Gasteiger charge is 2.32. The number of nitrogens with one attached hydrogen (secondary N) is 1. The van der Waals surface area contributed by atoms with Gasteiger partial charge in [-0.15, -0.1) is 0 Å². The molecule has 1 N–H and O–H groups in total. The van der Waals surface area contributed by atoms with Crippen LogP contribution >= 0.6 is 15.9 Å². The van der Waals surface area contributed by atoms with Crippen molar-refractivity contribution in [2.24, 2.45) is 0 Å². The van der Waals surface area contributed by atoms with Gasteiger partial charge in [0.15, 0.2) is 6.10 Å². The third-order valence-electron chi connectivity index (χ3n) is 2.90. The number of amides is 3. The first-order chi connectivity index (χ1) is 9.90. The van der Waals surface area contributed by atoms with Crippen LogP contribution in [0.1, 0.15) is 17.3 Å². The Balaban J connectivity index is 2.06. The number of esters is 1. The molecule has 2 rings (SSSR count). The first-order valence-corrected chi connectivity index (χ1v) is 6.94. The van der Waals surface area contributed by atoms with E-state index in [0.29, 0.717) is 11.0 Å². The molecule has 21 heavy (non-hydrogen) atoms. The molecule has 0 bridgehead atoms. The van der Waals surface area contributed by atoms with Gasteiger partial charge in [0.05, 0.1) is 5.56 Å². The topological polar surface area (TPSA) is 75.7 Å². The van der Waals surface area contributed by atoms with Crippen LogP contribution in [0, 0.1) is 5.82 Å². The highest BCUT2D eigenvalue weighted by Crippen LogP contribution is 2.17. The summed E-state index contributed by atoms with van der Waals surface area (Å²) in [5, 5.41) is 2.47. The van der Waals surface area contributed by atoms with E-state index >= 15 is 0 Å². The fraction of sp³-hybridized carbons (Fsp3) is 0.308. The predicted molar refractivity (Wildman–Crippen MR) is 74.1 cm³/mol. The van der Waals surface area contributed by atoms with Crippen LogP contribution in [0.5, 0.6) is 0 Å². The quantitative estimate of drug-likeness (QED) is 0.834. The van der Waals surface area contributed by atoms with Gasteiger partial charge in [-0.3, -0.25) is 9.69 Å². The Morgan fingerprint density at radius 2 is 2.19 bits per heavy atom. The summed E-state index contributed by atoms with van der Waals surface area (Å²) in [4.78, 5) is 36.1. The molecule has 1 aromatic carbocycles. The van der Waals surface area contributed by atoms with Crippen molar-refractivity contribution in [2.45, 2.75) is 13.0 Å². The molecular weight excluding hydrogens is 347 g/mol. The number of hydrogen-bond acceptors (Lipinski definition) is 4. The minimum Gasteiger partial charge on any atom is -0.449 e. The Labute approximate surface area is 128 Å². The standard InChI is InChI=1S/C13H12BrFN2O4/c1-7(11(18)17-5-4-16-13(17)20)21-12(19)9-6-8(14)2-3-10(9)15/h2-3,6-7H,4-5H2,1H3,(H,16,20)/t7-/m0/s1. The first kappa shape index (κ1) is 15.4. The van der Waals surface area contributed by atoms with Gasteiger partial charge in [-0.1, -0.05) is 15.9 Å². The second-order valence-electron chi connectivity index (χ2n) is 4.39. The lowest BCUT2D eigenvalue weighted by Crippen LogP contribution is -2.41. The highest BCUT2D eigenvalue weighted by molar-refractivity contribution is 9.10. The van der Waals surface area contributed by atoms with Gasteiger partial charge in [-0.25, -0.2) is 14.0 Å². The second-order valence-corrected chi connectivity index (χ2v) is 5.31. The molecule has 1 fully saturated rings. The Morgan fingerprint density at radius 3 is 2.81 bits per heavy atom. The van der Waals surface area contributed by atoms with E-state index in [1.165, 1.54) is 19.1 Å². The molecule has 8 heteroatoms. The van der Waals surface area contributed by atoms with Crippen molar-refractivity contribution < 1.29 is 23.5 Å². The smallest absolute Gasteiger partial charge is 0.341 e. The van der Waals surface area contributed by atoms with Crippen LogP contribution in [0.15, 0.2) is 22.7 Å². The van der Waals surface area contributed by atoms with Crippen LogP contribution in [0.3, 0.4) is 0 Å². The Hall–Kier alpha value is -1.96. The molecule has 1 aliphatic heterocycles. The molecule has 0 spiro atoms. The van der Waals surface area contributed by atoms with Gasteiger partial charge in [0.1, 0.15) is 5.82 Å². The fourth-order valence-corrected chi connectivity index (χ4v) is 2.19. The number of carbonyl (C=O) groups excluding carboxylic acids is 3. The lowest BCUT2D eigenvalue weighted by atomic mass is 10.2. The molecular formula is C13H12BrFN2O4. The van der Waals surface area contributed by atoms with Crippen LogP contribution < -0.4 is 5.32 Å². The zero-order valence-electron chi connectivity index (χ0n) is 11.1. The predicted octanol–water partition coefficient (Wildman–Crippen LogP) is 1.69. The number of urea groups is 1. The average molecular weight is 359 g/mol. The molecule has 6 nitrogen and oxygen atoms in total. The van der Waals surface area contributed by atoms with Crippen LogP contribution in [0.4, 0.5) is 9.18 Å². The number of rotatable bonds is 3. The maximum atomic E-state index is 13.6. The van der Waals surface area contributed by atoms with Crippen molar-refractivity contribution in [3.63, 3.8) is 0 Å². The summed E-state index contributed by atoms with van der Waals surface area (Å²) in [6.07, 6.45) is -1.18. The van der Waals surface area contributed by atoms with Crippen LogP contribution in [0.2, 0.25) is 0 Å². The van der Waals surface area contributed by atoms with E-state index in [9.17, 15) is 18.8 Å². The Morgan fingerprint density at radius 1 is 1.48 bits per heavy atom. The number of imide groups is 1. The molecule has 1 heterocycles. The Bertz CT molecular complexity index is 608.